The largest absolute Gasteiger partial charge is 0.447 e. The van der Waals surface area contributed by atoms with Crippen LogP contribution in [0.1, 0.15) is 26.2 Å². The number of likely N-dealkylation sites (N-methyl/N-ethyl adjacent to an activating group) is 1. The smallest absolute Gasteiger partial charge is 0.407 e. The summed E-state index contributed by atoms with van der Waals surface area (Å²) in [6.07, 6.45) is -5.41. The van der Waals surface area contributed by atoms with E-state index in [0.717, 1.165) is 7.05 Å². The van der Waals surface area contributed by atoms with Crippen LogP contribution < -0.4 is 5.31 Å². The first-order valence-electron chi connectivity index (χ1n) is 12.6. The maximum atomic E-state index is 11.5. The van der Waals surface area contributed by atoms with Gasteiger partial charge < -0.3 is 19.9 Å². The first-order chi connectivity index (χ1) is 15.4. The first-order valence-corrected chi connectivity index (χ1v) is 6.19. The third-order valence-electron chi connectivity index (χ3n) is 2.85. The summed E-state index contributed by atoms with van der Waals surface area (Å²) < 4.78 is 110. The molecule has 1 aromatic heterocycles. The van der Waals surface area contributed by atoms with Crippen LogP contribution in [0.15, 0.2) is 24.3 Å². The lowest BCUT2D eigenvalue weighted by Gasteiger charge is -2.09. The second-order valence-corrected chi connectivity index (χ2v) is 4.54. The second-order valence-electron chi connectivity index (χ2n) is 4.54. The van der Waals surface area contributed by atoms with E-state index >= 15 is 0 Å². The number of carbonyl (C=O) groups excluding carboxylic acids is 1. The van der Waals surface area contributed by atoms with Crippen molar-refractivity contribution < 1.29 is 27.4 Å². The number of alkyl carbamates (subject to hydrolysis) is 1. The van der Waals surface area contributed by atoms with Gasteiger partial charge in [0.15, 0.2) is 2.82 Å². The van der Waals surface area contributed by atoms with Gasteiger partial charge in [0.1, 0.15) is 6.61 Å². The monoisotopic (exact) mass is 300 g/mol. The Morgan fingerprint density at radius 2 is 2.57 bits per heavy atom. The third kappa shape index (κ3) is 3.19. The van der Waals surface area contributed by atoms with Gasteiger partial charge in [-0.3, -0.25) is 0 Å². The molecule has 5 heteroatoms. The number of nitrogens with zero attached hydrogens (tertiary/aromatic N) is 1. The standard InChI is InChI=1S/C16H21N3O2/c1-19(2)6-5-12-9-17-15-4-3-11(8-14(12)15)7-13-10-21-16(20)18-13/h3-4,8-9,13,17H,5-7,10H2,1-2H3,(H,18,20)/t13-/m0/s1/i1D3,3D,4D,5D2,6D2,8D,9D/hD2. The van der Waals surface area contributed by atoms with E-state index in [2.05, 4.69) is 0 Å². The van der Waals surface area contributed by atoms with Crippen molar-refractivity contribution >= 4 is 17.0 Å². The minimum atomic E-state index is -3.26. The number of carbonyl (C=O) groups is 1. The highest BCUT2D eigenvalue weighted by Crippen LogP contribution is 2.21. The zero-order valence-corrected chi connectivity index (χ0v) is 11.1. The highest BCUT2D eigenvalue weighted by molar-refractivity contribution is 5.84. The van der Waals surface area contributed by atoms with Crippen molar-refractivity contribution in [1.82, 2.24) is 15.2 Å². The van der Waals surface area contributed by atoms with E-state index in [1.165, 1.54) is 0 Å². The van der Waals surface area contributed by atoms with Gasteiger partial charge in [-0.15, -0.1) is 0 Å². The molecule has 2 aromatic rings. The summed E-state index contributed by atoms with van der Waals surface area (Å²) in [6.45, 7) is -6.54. The van der Waals surface area contributed by atoms with Gasteiger partial charge in [-0.1, -0.05) is 6.04 Å². The molecule has 2 heterocycles. The minimum absolute atomic E-state index is 0.164. The molecule has 1 atom stereocenters. The number of amides is 1. The van der Waals surface area contributed by atoms with E-state index in [1.54, 1.807) is 0 Å². The van der Waals surface area contributed by atoms with Crippen LogP contribution in [0.25, 0.3) is 10.9 Å². The number of H-pyrrole nitrogens is 1. The van der Waals surface area contributed by atoms with Crippen molar-refractivity contribution in [3.05, 3.63) is 35.4 Å². The summed E-state index contributed by atoms with van der Waals surface area (Å²) in [4.78, 5) is 12.0. The van der Waals surface area contributed by atoms with Crippen molar-refractivity contribution in [1.29, 1.82) is 0 Å². The molecule has 0 radical (unpaired) electrons. The summed E-state index contributed by atoms with van der Waals surface area (Å²) in [5.74, 6) is 0. The van der Waals surface area contributed by atoms with Crippen molar-refractivity contribution in [3.8, 4) is 0 Å². The first kappa shape index (κ1) is 5.32. The van der Waals surface area contributed by atoms with Crippen LogP contribution in [0.5, 0.6) is 0 Å². The zero-order valence-electron chi connectivity index (χ0n) is 24.1. The summed E-state index contributed by atoms with van der Waals surface area (Å²) in [5.41, 5.74) is -1.50. The quantitative estimate of drug-likeness (QED) is 0.887. The maximum Gasteiger partial charge on any atom is 0.407 e. The van der Waals surface area contributed by atoms with Crippen LogP contribution in [0.2, 0.25) is 2.82 Å². The minimum Gasteiger partial charge on any atom is -0.447 e. The number of benzene rings is 1. The average molecular weight is 300 g/mol. The molecule has 1 aromatic carbocycles. The van der Waals surface area contributed by atoms with Gasteiger partial charge in [0.2, 0.25) is 0 Å². The van der Waals surface area contributed by atoms with Gasteiger partial charge in [0, 0.05) is 33.2 Å². The molecule has 0 aliphatic carbocycles. The number of rotatable bonds is 5. The highest BCUT2D eigenvalue weighted by atomic mass is 16.6. The molecule has 21 heavy (non-hydrogen) atoms. The van der Waals surface area contributed by atoms with Gasteiger partial charge in [0.05, 0.1) is 11.5 Å². The van der Waals surface area contributed by atoms with Crippen LogP contribution in [0.3, 0.4) is 0 Å². The lowest BCUT2D eigenvalue weighted by Crippen LogP contribution is -2.28. The van der Waals surface area contributed by atoms with E-state index in [-0.39, 0.29) is 23.5 Å². The van der Waals surface area contributed by atoms with E-state index in [9.17, 15) is 4.79 Å². The summed E-state index contributed by atoms with van der Waals surface area (Å²) in [5, 5.41) is 0.00753. The maximum absolute atomic E-state index is 11.5. The summed E-state index contributed by atoms with van der Waals surface area (Å²) in [6, 6.07) is -2.68. The molecule has 112 valence electrons. The highest BCUT2D eigenvalue weighted by Gasteiger charge is 2.22. The number of aryl methyl sites for hydroxylation is 1. The number of hydrogen-bond acceptors (Lipinski definition) is 3. The Kier molecular flexibility index (Phi) is 1.46. The van der Waals surface area contributed by atoms with E-state index in [4.69, 9.17) is 22.6 Å². The fraction of sp³-hybridized carbons (Fsp3) is 0.438. The Morgan fingerprint density at radius 3 is 3.33 bits per heavy atom. The summed E-state index contributed by atoms with van der Waals surface area (Å²) in [7, 11) is 0.832. The molecule has 1 aliphatic rings. The fourth-order valence-corrected chi connectivity index (χ4v) is 1.93. The zero-order chi connectivity index (χ0) is 26.1. The Morgan fingerprint density at radius 1 is 1.67 bits per heavy atom. The molecule has 2 N–H and O–H groups in total. The number of ether oxygens (including phenoxy) is 1. The Balaban J connectivity index is 2.31. The molecule has 0 unspecified atom stereocenters. The number of aromatic nitrogens is 1. The van der Waals surface area contributed by atoms with Crippen LogP contribution >= 0.6 is 0 Å². The molecule has 5 nitrogen and oxygen atoms in total. The van der Waals surface area contributed by atoms with Crippen molar-refractivity contribution in [3.63, 3.8) is 0 Å². The molecule has 1 aliphatic heterocycles. The number of nitrogens with one attached hydrogen (secondary N) is 2. The molecular formula is C16H21N3O2. The number of aromatic amines is 1. The van der Waals surface area contributed by atoms with Crippen LogP contribution in [-0.2, 0) is 17.5 Å². The van der Waals surface area contributed by atoms with Crippen molar-refractivity contribution in [2.45, 2.75) is 18.8 Å². The van der Waals surface area contributed by atoms with Crippen LogP contribution in [0.4, 0.5) is 4.79 Å². The topological polar surface area (TPSA) is 57.4 Å². The Bertz CT molecular complexity index is 1160. The van der Waals surface area contributed by atoms with Crippen molar-refractivity contribution in [2.24, 2.45) is 0 Å². The van der Waals surface area contributed by atoms with Gasteiger partial charge in [-0.2, -0.15) is 0 Å². The molecule has 1 saturated heterocycles. The molecule has 0 saturated carbocycles. The third-order valence-corrected chi connectivity index (χ3v) is 2.85. The number of fused-ring (bicyclic) bond motifs is 1. The molecule has 1 amide bonds. The number of hydrogen-bond donors (Lipinski definition) is 2. The van der Waals surface area contributed by atoms with Gasteiger partial charge in [0.25, 0.3) is 0 Å². The molecule has 3 rings (SSSR count). The van der Waals surface area contributed by atoms with Crippen molar-refractivity contribution in [2.75, 3.05) is 27.1 Å². The average Bonchev–Trinajstić information content (AvgIpc) is 3.19. The van der Waals surface area contributed by atoms with E-state index in [0.29, 0.717) is 10.3 Å². The van der Waals surface area contributed by atoms with Gasteiger partial charge in [-0.05, 0) is 50.0 Å². The molecule has 0 spiro atoms. The molecule has 0 bridgehead atoms. The predicted molar refractivity (Wildman–Crippen MR) is 82.5 cm³/mol. The van der Waals surface area contributed by atoms with Crippen LogP contribution in [-0.4, -0.2) is 49.1 Å². The lowest BCUT2D eigenvalue weighted by atomic mass is 10.0. The van der Waals surface area contributed by atoms with Crippen LogP contribution in [0, 0.1) is 0 Å². The molecular weight excluding hydrogens is 266 g/mol. The fourth-order valence-electron chi connectivity index (χ4n) is 1.93. The lowest BCUT2D eigenvalue weighted by molar-refractivity contribution is 0.177. The molecule has 1 fully saturated rings. The van der Waals surface area contributed by atoms with Gasteiger partial charge >= 0.3 is 6.09 Å². The number of cyclic esters (lactones) is 1. The SMILES string of the molecule is [2H]c1c(C[C@H]2COC(=O)N2[2H])c([2H])c2c(C([2H])([2H])C([2H])([2H])N(C)C([2H])([2H])[2H])c([2H])n([2H])c2c1[2H]. The van der Waals surface area contributed by atoms with E-state index < -0.39 is 72.7 Å². The van der Waals surface area contributed by atoms with E-state index in [1.807, 2.05) is 0 Å². The Hall–Kier alpha value is -2.01. The normalized spacial score (nSPS) is 29.6. The van der Waals surface area contributed by atoms with Gasteiger partial charge in [-0.25, -0.2) is 4.79 Å². The second kappa shape index (κ2) is 5.77. The predicted octanol–water partition coefficient (Wildman–Crippen LogP) is 1.92. The Labute approximate surface area is 142 Å². The summed E-state index contributed by atoms with van der Waals surface area (Å²) >= 11 is 0.